The zero-order valence-electron chi connectivity index (χ0n) is 3.45. The van der Waals surface area contributed by atoms with Gasteiger partial charge in [-0.1, -0.05) is 0 Å². The maximum atomic E-state index is 11.5. The molecule has 1 aliphatic carbocycles. The van der Waals surface area contributed by atoms with E-state index in [4.69, 9.17) is 0 Å². The molecule has 1 rings (SSSR count). The molecule has 0 aliphatic heterocycles. The minimum atomic E-state index is -2.71. The largest absolute Gasteiger partial charge is 0.290 e. The molecule has 0 heterocycles. The summed E-state index contributed by atoms with van der Waals surface area (Å²) in [4.78, 5) is 9.38. The Balaban J connectivity index is 2.44. The van der Waals surface area contributed by atoms with Crippen LogP contribution in [0.25, 0.3) is 0 Å². The number of rotatable bonds is 1. The Bertz CT molecular complexity index is 99.9. The van der Waals surface area contributed by atoms with Crippen molar-refractivity contribution in [2.45, 2.75) is 12.3 Å². The van der Waals surface area contributed by atoms with Gasteiger partial charge in [0.25, 0.3) is 5.92 Å². The molecule has 0 aromatic carbocycles. The number of alkyl halides is 2. The van der Waals surface area contributed by atoms with Gasteiger partial charge >= 0.3 is 0 Å². The van der Waals surface area contributed by atoms with Crippen LogP contribution in [-0.2, 0) is 4.79 Å². The fourth-order valence-corrected chi connectivity index (χ4v) is 0.341. The standard InChI is InChI=1S/C4H3F2O/c5-4(6)1-3(4)2-7/h3H,1H2. The molecule has 1 nitrogen and oxygen atoms in total. The minimum Gasteiger partial charge on any atom is -0.290 e. The van der Waals surface area contributed by atoms with E-state index >= 15 is 0 Å². The second-order valence-electron chi connectivity index (χ2n) is 1.64. The zero-order chi connectivity index (χ0) is 5.49. The van der Waals surface area contributed by atoms with Crippen LogP contribution < -0.4 is 0 Å². The topological polar surface area (TPSA) is 17.1 Å². The lowest BCUT2D eigenvalue weighted by Gasteiger charge is -1.81. The molecule has 0 aromatic rings. The summed E-state index contributed by atoms with van der Waals surface area (Å²) in [6, 6.07) is 0. The third kappa shape index (κ3) is 0.621. The van der Waals surface area contributed by atoms with Crippen LogP contribution in [0.15, 0.2) is 0 Å². The van der Waals surface area contributed by atoms with Crippen LogP contribution in [-0.4, -0.2) is 12.2 Å². The van der Waals surface area contributed by atoms with E-state index < -0.39 is 11.8 Å². The molecule has 0 saturated heterocycles. The van der Waals surface area contributed by atoms with Gasteiger partial charge in [0.2, 0.25) is 6.29 Å². The Kier molecular flexibility index (Phi) is 0.685. The van der Waals surface area contributed by atoms with Crippen molar-refractivity contribution in [1.82, 2.24) is 0 Å². The van der Waals surface area contributed by atoms with Gasteiger partial charge < -0.3 is 0 Å². The number of hydrogen-bond acceptors (Lipinski definition) is 1. The molecule has 0 N–H and O–H groups in total. The molecule has 1 aliphatic rings. The molecule has 1 unspecified atom stereocenters. The monoisotopic (exact) mass is 105 g/mol. The average molecular weight is 105 g/mol. The van der Waals surface area contributed by atoms with Crippen LogP contribution in [0.3, 0.4) is 0 Å². The lowest BCUT2D eigenvalue weighted by Crippen LogP contribution is -1.92. The predicted molar refractivity (Wildman–Crippen MR) is 18.7 cm³/mol. The maximum Gasteiger partial charge on any atom is 0.259 e. The molecule has 0 bridgehead atoms. The van der Waals surface area contributed by atoms with Crippen LogP contribution in [0.1, 0.15) is 6.42 Å². The SMILES string of the molecule is O=[C]C1CC1(F)F. The number of hydrogen-bond donors (Lipinski definition) is 0. The fraction of sp³-hybridized carbons (Fsp3) is 0.750. The van der Waals surface area contributed by atoms with E-state index in [9.17, 15) is 13.6 Å². The highest BCUT2D eigenvalue weighted by Crippen LogP contribution is 2.46. The molecular formula is C4H3F2O. The second-order valence-corrected chi connectivity index (χ2v) is 1.64. The lowest BCUT2D eigenvalue weighted by molar-refractivity contribution is 0.110. The first-order chi connectivity index (χ1) is 3.17. The third-order valence-corrected chi connectivity index (χ3v) is 0.968. The van der Waals surface area contributed by atoms with Crippen LogP contribution in [0.5, 0.6) is 0 Å². The van der Waals surface area contributed by atoms with Crippen molar-refractivity contribution in [3.8, 4) is 0 Å². The summed E-state index contributed by atoms with van der Waals surface area (Å²) < 4.78 is 23.1. The van der Waals surface area contributed by atoms with Gasteiger partial charge in [0.05, 0.1) is 5.92 Å². The molecule has 1 radical (unpaired) electrons. The summed E-state index contributed by atoms with van der Waals surface area (Å²) in [7, 11) is 0. The van der Waals surface area contributed by atoms with E-state index in [1.807, 2.05) is 0 Å². The van der Waals surface area contributed by atoms with E-state index in [-0.39, 0.29) is 6.42 Å². The summed E-state index contributed by atoms with van der Waals surface area (Å²) in [5.74, 6) is -3.80. The smallest absolute Gasteiger partial charge is 0.259 e. The van der Waals surface area contributed by atoms with Gasteiger partial charge in [-0.05, 0) is 0 Å². The van der Waals surface area contributed by atoms with Gasteiger partial charge in [0.15, 0.2) is 0 Å². The van der Waals surface area contributed by atoms with Gasteiger partial charge in [-0.15, -0.1) is 0 Å². The van der Waals surface area contributed by atoms with E-state index in [2.05, 4.69) is 0 Å². The van der Waals surface area contributed by atoms with E-state index in [1.165, 1.54) is 6.29 Å². The fourth-order valence-electron chi connectivity index (χ4n) is 0.341. The molecule has 0 spiro atoms. The Morgan fingerprint density at radius 1 is 1.71 bits per heavy atom. The first kappa shape index (κ1) is 4.68. The summed E-state index contributed by atoms with van der Waals surface area (Å²) in [5, 5.41) is 0. The molecular weight excluding hydrogens is 102 g/mol. The summed E-state index contributed by atoms with van der Waals surface area (Å²) in [6.45, 7) is 0. The number of carbonyl (C=O) groups excluding carboxylic acids is 1. The summed E-state index contributed by atoms with van der Waals surface area (Å²) in [6.07, 6.45) is 0.934. The summed E-state index contributed by atoms with van der Waals surface area (Å²) >= 11 is 0. The molecule has 1 atom stereocenters. The minimum absolute atomic E-state index is 0.295. The first-order valence-corrected chi connectivity index (χ1v) is 1.92. The normalized spacial score (nSPS) is 34.9. The van der Waals surface area contributed by atoms with Gasteiger partial charge in [0.1, 0.15) is 0 Å². The molecule has 0 aromatic heterocycles. The Hall–Kier alpha value is -0.470. The van der Waals surface area contributed by atoms with Crippen LogP contribution in [0.2, 0.25) is 0 Å². The van der Waals surface area contributed by atoms with Gasteiger partial charge in [0, 0.05) is 6.42 Å². The number of halogens is 2. The van der Waals surface area contributed by atoms with Crippen molar-refractivity contribution in [1.29, 1.82) is 0 Å². The van der Waals surface area contributed by atoms with Crippen molar-refractivity contribution in [3.63, 3.8) is 0 Å². The molecule has 1 fully saturated rings. The van der Waals surface area contributed by atoms with Crippen molar-refractivity contribution >= 4 is 6.29 Å². The molecule has 7 heavy (non-hydrogen) atoms. The van der Waals surface area contributed by atoms with Crippen LogP contribution in [0.4, 0.5) is 8.78 Å². The zero-order valence-corrected chi connectivity index (χ0v) is 3.45. The summed E-state index contributed by atoms with van der Waals surface area (Å²) in [5.41, 5.74) is 0. The maximum absolute atomic E-state index is 11.5. The lowest BCUT2D eigenvalue weighted by atomic mass is 10.5. The highest BCUT2D eigenvalue weighted by molar-refractivity contribution is 5.61. The quantitative estimate of drug-likeness (QED) is 0.481. The molecule has 3 heteroatoms. The van der Waals surface area contributed by atoms with E-state index in [0.717, 1.165) is 0 Å². The second kappa shape index (κ2) is 1.02. The molecule has 1 saturated carbocycles. The van der Waals surface area contributed by atoms with Gasteiger partial charge in [-0.3, -0.25) is 4.79 Å². The molecule has 0 amide bonds. The van der Waals surface area contributed by atoms with Crippen LogP contribution in [0, 0.1) is 5.92 Å². The Morgan fingerprint density at radius 2 is 2.14 bits per heavy atom. The van der Waals surface area contributed by atoms with Gasteiger partial charge in [-0.25, -0.2) is 8.78 Å². The molecule has 39 valence electrons. The Morgan fingerprint density at radius 3 is 2.14 bits per heavy atom. The van der Waals surface area contributed by atoms with E-state index in [0.29, 0.717) is 0 Å². The van der Waals surface area contributed by atoms with Crippen molar-refractivity contribution < 1.29 is 13.6 Å². The highest BCUT2D eigenvalue weighted by Gasteiger charge is 2.57. The highest BCUT2D eigenvalue weighted by atomic mass is 19.3. The first-order valence-electron chi connectivity index (χ1n) is 1.92. The van der Waals surface area contributed by atoms with Crippen molar-refractivity contribution in [2.24, 2.45) is 5.92 Å². The Labute approximate surface area is 39.3 Å². The van der Waals surface area contributed by atoms with Crippen molar-refractivity contribution in [2.75, 3.05) is 0 Å². The third-order valence-electron chi connectivity index (χ3n) is 0.968. The average Bonchev–Trinajstić information content (AvgIpc) is 2.13. The van der Waals surface area contributed by atoms with E-state index in [1.54, 1.807) is 0 Å². The predicted octanol–water partition coefficient (Wildman–Crippen LogP) is 0.751. The van der Waals surface area contributed by atoms with Crippen LogP contribution >= 0.6 is 0 Å². The van der Waals surface area contributed by atoms with Crippen molar-refractivity contribution in [3.05, 3.63) is 0 Å². The van der Waals surface area contributed by atoms with Gasteiger partial charge in [-0.2, -0.15) is 0 Å².